The van der Waals surface area contributed by atoms with Crippen LogP contribution in [0.3, 0.4) is 0 Å². The number of amides is 2. The van der Waals surface area contributed by atoms with Gasteiger partial charge in [-0.15, -0.1) is 0 Å². The van der Waals surface area contributed by atoms with E-state index in [1.807, 2.05) is 32.0 Å². The molecule has 25 heavy (non-hydrogen) atoms. The first-order chi connectivity index (χ1) is 12.0. The predicted molar refractivity (Wildman–Crippen MR) is 97.3 cm³/mol. The third kappa shape index (κ3) is 3.59. The Labute approximate surface area is 151 Å². The molecule has 2 amide bonds. The molecular weight excluding hydrogens is 338 g/mol. The van der Waals surface area contributed by atoms with Crippen LogP contribution in [0.1, 0.15) is 16.7 Å². The number of hydrogen-bond donors (Lipinski definition) is 0. The molecule has 1 aliphatic heterocycles. The van der Waals surface area contributed by atoms with Gasteiger partial charge in [0, 0.05) is 0 Å². The number of carbonyl (C=O) groups is 2. The number of benzene rings is 2. The molecule has 0 saturated heterocycles. The summed E-state index contributed by atoms with van der Waals surface area (Å²) >= 11 is 6.12. The van der Waals surface area contributed by atoms with E-state index < -0.39 is 5.91 Å². The van der Waals surface area contributed by atoms with Gasteiger partial charge < -0.3 is 4.74 Å². The van der Waals surface area contributed by atoms with Crippen LogP contribution < -0.4 is 4.74 Å². The van der Waals surface area contributed by atoms with E-state index in [2.05, 4.69) is 6.07 Å². The van der Waals surface area contributed by atoms with Crippen LogP contribution in [0.2, 0.25) is 0 Å². The lowest BCUT2D eigenvalue weighted by Gasteiger charge is -2.15. The van der Waals surface area contributed by atoms with Crippen LogP contribution in [0.4, 0.5) is 0 Å². The van der Waals surface area contributed by atoms with Crippen LogP contribution in [0, 0.1) is 13.8 Å². The number of ether oxygens (including phenoxy) is 1. The van der Waals surface area contributed by atoms with Crippen molar-refractivity contribution in [2.24, 2.45) is 0 Å². The fraction of sp³-hybridized carbons (Fsp3) is 0.200. The first kappa shape index (κ1) is 17.2. The first-order valence-corrected chi connectivity index (χ1v) is 8.37. The molecule has 5 heteroatoms. The van der Waals surface area contributed by atoms with Crippen molar-refractivity contribution in [3.05, 3.63) is 70.3 Å². The maximum atomic E-state index is 12.6. The van der Waals surface area contributed by atoms with E-state index in [-0.39, 0.29) is 29.7 Å². The molecule has 1 aliphatic rings. The summed E-state index contributed by atoms with van der Waals surface area (Å²) in [6.45, 7) is 4.34. The summed E-state index contributed by atoms with van der Waals surface area (Å²) in [6, 6.07) is 14.9. The predicted octanol–water partition coefficient (Wildman–Crippen LogP) is 3.70. The molecule has 2 aromatic rings. The van der Waals surface area contributed by atoms with Crippen molar-refractivity contribution in [1.29, 1.82) is 0 Å². The lowest BCUT2D eigenvalue weighted by molar-refractivity contribution is -0.137. The molecule has 0 fully saturated rings. The maximum Gasteiger partial charge on any atom is 0.273 e. The van der Waals surface area contributed by atoms with E-state index in [9.17, 15) is 9.59 Å². The van der Waals surface area contributed by atoms with Gasteiger partial charge in [0.1, 0.15) is 17.4 Å². The molecule has 0 radical (unpaired) electrons. The molecular formula is C20H18ClNO3. The first-order valence-electron chi connectivity index (χ1n) is 8.00. The van der Waals surface area contributed by atoms with Gasteiger partial charge in [-0.3, -0.25) is 14.5 Å². The minimum atomic E-state index is -0.477. The average molecular weight is 356 g/mol. The van der Waals surface area contributed by atoms with Crippen LogP contribution in [0.15, 0.2) is 53.6 Å². The van der Waals surface area contributed by atoms with Crippen molar-refractivity contribution in [1.82, 2.24) is 4.90 Å². The number of rotatable bonds is 5. The molecule has 0 spiro atoms. The van der Waals surface area contributed by atoms with Crippen LogP contribution in [0.5, 0.6) is 5.75 Å². The summed E-state index contributed by atoms with van der Waals surface area (Å²) in [6.07, 6.45) is 0. The molecule has 2 aromatic carbocycles. The number of halogens is 1. The number of hydrogen-bond acceptors (Lipinski definition) is 3. The molecule has 0 N–H and O–H groups in total. The Kier molecular flexibility index (Phi) is 4.91. The summed E-state index contributed by atoms with van der Waals surface area (Å²) in [5, 5.41) is -0.0393. The standard InChI is InChI=1S/C20H18ClNO3/c1-13-10-14(2)12-16(11-13)25-9-8-22-19(23)17(18(21)20(22)24)15-6-4-3-5-7-15/h3-7,10-12H,8-9H2,1-2H3. The molecule has 128 valence electrons. The largest absolute Gasteiger partial charge is 0.492 e. The Morgan fingerprint density at radius 3 is 2.24 bits per heavy atom. The Morgan fingerprint density at radius 1 is 0.960 bits per heavy atom. The summed E-state index contributed by atoms with van der Waals surface area (Å²) in [4.78, 5) is 26.0. The number of carbonyl (C=O) groups excluding carboxylic acids is 2. The minimum Gasteiger partial charge on any atom is -0.492 e. The molecule has 0 saturated carbocycles. The van der Waals surface area contributed by atoms with Crippen molar-refractivity contribution in [3.63, 3.8) is 0 Å². The van der Waals surface area contributed by atoms with E-state index in [1.165, 1.54) is 0 Å². The second-order valence-electron chi connectivity index (χ2n) is 5.99. The van der Waals surface area contributed by atoms with Gasteiger partial charge in [-0.2, -0.15) is 0 Å². The maximum absolute atomic E-state index is 12.6. The Morgan fingerprint density at radius 2 is 1.60 bits per heavy atom. The minimum absolute atomic E-state index is 0.0393. The second-order valence-corrected chi connectivity index (χ2v) is 6.37. The van der Waals surface area contributed by atoms with E-state index in [4.69, 9.17) is 16.3 Å². The lowest BCUT2D eigenvalue weighted by Crippen LogP contribution is -2.35. The van der Waals surface area contributed by atoms with Crippen LogP contribution >= 0.6 is 11.6 Å². The highest BCUT2D eigenvalue weighted by atomic mass is 35.5. The van der Waals surface area contributed by atoms with Crippen LogP contribution in [0.25, 0.3) is 5.57 Å². The molecule has 0 unspecified atom stereocenters. The van der Waals surface area contributed by atoms with Crippen molar-refractivity contribution < 1.29 is 14.3 Å². The number of aryl methyl sites for hydroxylation is 2. The van der Waals surface area contributed by atoms with Gasteiger partial charge in [-0.25, -0.2) is 0 Å². The monoisotopic (exact) mass is 355 g/mol. The normalized spacial score (nSPS) is 14.4. The van der Waals surface area contributed by atoms with E-state index in [0.717, 1.165) is 21.8 Å². The highest BCUT2D eigenvalue weighted by molar-refractivity contribution is 6.55. The van der Waals surface area contributed by atoms with Gasteiger partial charge in [-0.05, 0) is 42.7 Å². The van der Waals surface area contributed by atoms with E-state index >= 15 is 0 Å². The smallest absolute Gasteiger partial charge is 0.273 e. The van der Waals surface area contributed by atoms with Gasteiger partial charge in [0.2, 0.25) is 0 Å². The molecule has 0 aliphatic carbocycles. The number of imide groups is 1. The van der Waals surface area contributed by atoms with Crippen LogP contribution in [-0.2, 0) is 9.59 Å². The van der Waals surface area contributed by atoms with E-state index in [0.29, 0.717) is 5.56 Å². The van der Waals surface area contributed by atoms with Crippen molar-refractivity contribution in [2.75, 3.05) is 13.2 Å². The summed E-state index contributed by atoms with van der Waals surface area (Å²) in [5.74, 6) is -0.140. The summed E-state index contributed by atoms with van der Waals surface area (Å²) in [7, 11) is 0. The van der Waals surface area contributed by atoms with Crippen LogP contribution in [-0.4, -0.2) is 29.9 Å². The topological polar surface area (TPSA) is 46.6 Å². The van der Waals surface area contributed by atoms with Gasteiger partial charge in [0.05, 0.1) is 12.1 Å². The SMILES string of the molecule is Cc1cc(C)cc(OCCN2C(=O)C(Cl)=C(c3ccccc3)C2=O)c1. The average Bonchev–Trinajstić information content (AvgIpc) is 2.78. The molecule has 4 nitrogen and oxygen atoms in total. The zero-order valence-electron chi connectivity index (χ0n) is 14.1. The zero-order valence-corrected chi connectivity index (χ0v) is 14.8. The van der Waals surface area contributed by atoms with Gasteiger partial charge in [0.15, 0.2) is 0 Å². The van der Waals surface area contributed by atoms with Gasteiger partial charge >= 0.3 is 0 Å². The zero-order chi connectivity index (χ0) is 18.0. The molecule has 0 aromatic heterocycles. The Balaban J connectivity index is 1.68. The van der Waals surface area contributed by atoms with Crippen molar-refractivity contribution in [2.45, 2.75) is 13.8 Å². The summed E-state index contributed by atoms with van der Waals surface area (Å²) < 4.78 is 5.69. The van der Waals surface area contributed by atoms with E-state index in [1.54, 1.807) is 24.3 Å². The third-order valence-electron chi connectivity index (χ3n) is 3.95. The molecule has 1 heterocycles. The number of nitrogens with zero attached hydrogens (tertiary/aromatic N) is 1. The van der Waals surface area contributed by atoms with Crippen molar-refractivity contribution >= 4 is 29.0 Å². The third-order valence-corrected chi connectivity index (χ3v) is 4.30. The second kappa shape index (κ2) is 7.11. The Hall–Kier alpha value is -2.59. The fourth-order valence-corrected chi connectivity index (χ4v) is 3.17. The quantitative estimate of drug-likeness (QED) is 0.768. The highest BCUT2D eigenvalue weighted by Crippen LogP contribution is 2.31. The van der Waals surface area contributed by atoms with Crippen molar-refractivity contribution in [3.8, 4) is 5.75 Å². The fourth-order valence-electron chi connectivity index (χ4n) is 2.88. The highest BCUT2D eigenvalue weighted by Gasteiger charge is 2.37. The van der Waals surface area contributed by atoms with Gasteiger partial charge in [0.25, 0.3) is 11.8 Å². The van der Waals surface area contributed by atoms with Gasteiger partial charge in [-0.1, -0.05) is 48.0 Å². The lowest BCUT2D eigenvalue weighted by atomic mass is 10.1. The summed E-state index contributed by atoms with van der Waals surface area (Å²) in [5.41, 5.74) is 3.08. The Bertz CT molecular complexity index is 838. The molecule has 0 bridgehead atoms. The molecule has 3 rings (SSSR count). The molecule has 0 atom stereocenters.